The van der Waals surface area contributed by atoms with Crippen molar-refractivity contribution in [3.8, 4) is 0 Å². The summed E-state index contributed by atoms with van der Waals surface area (Å²) in [6.07, 6.45) is 2.85. The molecule has 2 heterocycles. The Morgan fingerprint density at radius 3 is 2.50 bits per heavy atom. The maximum atomic E-state index is 14.1. The summed E-state index contributed by atoms with van der Waals surface area (Å²) in [5, 5.41) is 10.4. The van der Waals surface area contributed by atoms with Gasteiger partial charge in [-0.05, 0) is 24.0 Å². The number of H-pyrrole nitrogens is 1. The quantitative estimate of drug-likeness (QED) is 0.789. The zero-order valence-electron chi connectivity index (χ0n) is 13.2. The Morgan fingerprint density at radius 1 is 1.25 bits per heavy atom. The Morgan fingerprint density at radius 2 is 1.92 bits per heavy atom. The Hall–Kier alpha value is -1.72. The molecule has 0 radical (unpaired) electrons. The van der Waals surface area contributed by atoms with Gasteiger partial charge in [-0.3, -0.25) is 9.89 Å². The molecule has 0 atom stereocenters. The van der Waals surface area contributed by atoms with Crippen LogP contribution in [0.2, 0.25) is 5.02 Å². The van der Waals surface area contributed by atoms with Crippen molar-refractivity contribution >= 4 is 17.4 Å². The third kappa shape index (κ3) is 3.10. The number of aromatic nitrogens is 2. The van der Waals surface area contributed by atoms with Gasteiger partial charge in [0, 0.05) is 31.8 Å². The highest BCUT2D eigenvalue weighted by molar-refractivity contribution is 6.34. The molecule has 1 aliphatic heterocycles. The molecule has 2 aliphatic rings. The predicted octanol–water partition coefficient (Wildman–Crippen LogP) is 3.22. The lowest BCUT2D eigenvalue weighted by atomic mass is 9.90. The third-order valence-corrected chi connectivity index (χ3v) is 5.16. The molecule has 6 heteroatoms. The summed E-state index contributed by atoms with van der Waals surface area (Å²) < 4.78 is 14.1. The van der Waals surface area contributed by atoms with Gasteiger partial charge in [0.05, 0.1) is 10.7 Å². The number of ketones is 1. The van der Waals surface area contributed by atoms with Crippen molar-refractivity contribution in [2.45, 2.75) is 37.3 Å². The number of nitrogens with zero attached hydrogens (tertiary/aromatic N) is 1. The number of nitrogens with one attached hydrogen (secondary N) is 2. The summed E-state index contributed by atoms with van der Waals surface area (Å²) in [6, 6.07) is 7.55. The molecule has 2 aromatic rings. The summed E-state index contributed by atoms with van der Waals surface area (Å²) >= 11 is 6.28. The average Bonchev–Trinajstić information content (AvgIpc) is 3.30. The number of hydrogen-bond donors (Lipinski definition) is 2. The summed E-state index contributed by atoms with van der Waals surface area (Å²) in [7, 11) is 0. The molecule has 0 spiro atoms. The molecule has 126 valence electrons. The smallest absolute Gasteiger partial charge is 0.188 e. The van der Waals surface area contributed by atoms with Crippen LogP contribution in [0.1, 0.15) is 46.1 Å². The van der Waals surface area contributed by atoms with Crippen LogP contribution in [-0.2, 0) is 12.8 Å². The highest BCUT2D eigenvalue weighted by Gasteiger charge is 2.36. The van der Waals surface area contributed by atoms with Crippen molar-refractivity contribution in [1.29, 1.82) is 0 Å². The van der Waals surface area contributed by atoms with E-state index in [0.717, 1.165) is 29.7 Å². The van der Waals surface area contributed by atoms with Gasteiger partial charge in [0.1, 0.15) is 11.4 Å². The minimum absolute atomic E-state index is 0.0962. The minimum Gasteiger partial charge on any atom is -0.310 e. The van der Waals surface area contributed by atoms with Crippen LogP contribution in [0.3, 0.4) is 0 Å². The number of alkyl halides is 1. The van der Waals surface area contributed by atoms with E-state index in [2.05, 4.69) is 15.5 Å². The molecule has 4 nitrogen and oxygen atoms in total. The largest absolute Gasteiger partial charge is 0.310 e. The van der Waals surface area contributed by atoms with Crippen molar-refractivity contribution in [3.05, 3.63) is 51.8 Å². The fourth-order valence-corrected chi connectivity index (χ4v) is 3.44. The SMILES string of the molecule is O=C(Cc1ccc(CC2(F)CNC2)cc1)c1n[nH]c(C2CC2)c1Cl. The van der Waals surface area contributed by atoms with E-state index >= 15 is 0 Å². The third-order valence-electron chi connectivity index (χ3n) is 4.77. The van der Waals surface area contributed by atoms with Gasteiger partial charge in [-0.15, -0.1) is 0 Å². The molecular formula is C18H19ClFN3O. The van der Waals surface area contributed by atoms with Crippen LogP contribution < -0.4 is 5.32 Å². The lowest BCUT2D eigenvalue weighted by Gasteiger charge is -2.35. The first-order valence-corrected chi connectivity index (χ1v) is 8.66. The van der Waals surface area contributed by atoms with Gasteiger partial charge >= 0.3 is 0 Å². The second-order valence-electron chi connectivity index (χ2n) is 6.92. The Kier molecular flexibility index (Phi) is 3.93. The Balaban J connectivity index is 1.42. The molecule has 0 unspecified atom stereocenters. The van der Waals surface area contributed by atoms with Crippen LogP contribution in [-0.4, -0.2) is 34.7 Å². The van der Waals surface area contributed by atoms with Gasteiger partial charge in [-0.25, -0.2) is 4.39 Å². The fraction of sp³-hybridized carbons (Fsp3) is 0.444. The molecule has 2 N–H and O–H groups in total. The van der Waals surface area contributed by atoms with Gasteiger partial charge in [0.15, 0.2) is 5.78 Å². The Labute approximate surface area is 144 Å². The normalized spacial score (nSPS) is 19.1. The minimum atomic E-state index is -1.13. The topological polar surface area (TPSA) is 57.8 Å². The van der Waals surface area contributed by atoms with Crippen LogP contribution in [0.5, 0.6) is 0 Å². The van der Waals surface area contributed by atoms with E-state index in [1.165, 1.54) is 0 Å². The first-order chi connectivity index (χ1) is 11.5. The standard InChI is InChI=1S/C18H19ClFN3O/c19-15-16(13-5-6-13)22-23-17(15)14(24)7-11-1-3-12(4-2-11)8-18(20)9-21-10-18/h1-4,13,21H,5-10H2,(H,22,23). The molecule has 2 fully saturated rings. The molecule has 0 amide bonds. The summed E-state index contributed by atoms with van der Waals surface area (Å²) in [6.45, 7) is 0.822. The Bertz CT molecular complexity index is 763. The monoisotopic (exact) mass is 347 g/mol. The van der Waals surface area contributed by atoms with Crippen LogP contribution in [0.25, 0.3) is 0 Å². The molecule has 1 aromatic heterocycles. The second-order valence-corrected chi connectivity index (χ2v) is 7.30. The summed E-state index contributed by atoms with van der Waals surface area (Å²) in [5.41, 5.74) is 1.92. The van der Waals surface area contributed by atoms with Gasteiger partial charge in [0.25, 0.3) is 0 Å². The maximum Gasteiger partial charge on any atom is 0.188 e. The number of rotatable bonds is 6. The van der Waals surface area contributed by atoms with Gasteiger partial charge < -0.3 is 5.32 Å². The number of carbonyl (C=O) groups is 1. The highest BCUT2D eigenvalue weighted by Crippen LogP contribution is 2.42. The fourth-order valence-electron chi connectivity index (χ4n) is 3.10. The first kappa shape index (κ1) is 15.8. The van der Waals surface area contributed by atoms with Gasteiger partial charge in [-0.2, -0.15) is 5.10 Å². The zero-order chi connectivity index (χ0) is 16.7. The van der Waals surface area contributed by atoms with Crippen LogP contribution in [0.4, 0.5) is 4.39 Å². The number of carbonyl (C=O) groups excluding carboxylic acids is 1. The number of hydrogen-bond acceptors (Lipinski definition) is 3. The lowest BCUT2D eigenvalue weighted by molar-refractivity contribution is 0.0911. The molecule has 1 aromatic carbocycles. The number of halogens is 2. The predicted molar refractivity (Wildman–Crippen MR) is 90.5 cm³/mol. The summed E-state index contributed by atoms with van der Waals surface area (Å²) in [5.74, 6) is 0.334. The lowest BCUT2D eigenvalue weighted by Crippen LogP contribution is -2.57. The van der Waals surface area contributed by atoms with Crippen molar-refractivity contribution in [3.63, 3.8) is 0 Å². The molecule has 24 heavy (non-hydrogen) atoms. The van der Waals surface area contributed by atoms with Crippen molar-refractivity contribution in [2.24, 2.45) is 0 Å². The first-order valence-electron chi connectivity index (χ1n) is 8.28. The van der Waals surface area contributed by atoms with Crippen molar-refractivity contribution in [2.75, 3.05) is 13.1 Å². The zero-order valence-corrected chi connectivity index (χ0v) is 14.0. The number of Topliss-reactive ketones (excluding diaryl/α,β-unsaturated/α-hetero) is 1. The molecule has 0 bridgehead atoms. The molecule has 1 saturated heterocycles. The van der Waals surface area contributed by atoms with Crippen LogP contribution in [0.15, 0.2) is 24.3 Å². The molecule has 1 saturated carbocycles. The molecule has 4 rings (SSSR count). The highest BCUT2D eigenvalue weighted by atomic mass is 35.5. The van der Waals surface area contributed by atoms with Gasteiger partial charge in [-0.1, -0.05) is 35.9 Å². The van der Waals surface area contributed by atoms with Crippen LogP contribution in [0, 0.1) is 0 Å². The molecular weight excluding hydrogens is 329 g/mol. The van der Waals surface area contributed by atoms with E-state index in [9.17, 15) is 9.18 Å². The van der Waals surface area contributed by atoms with Crippen molar-refractivity contribution < 1.29 is 9.18 Å². The van der Waals surface area contributed by atoms with E-state index in [0.29, 0.717) is 36.1 Å². The molecule has 1 aliphatic carbocycles. The van der Waals surface area contributed by atoms with E-state index in [1.54, 1.807) is 0 Å². The average molecular weight is 348 g/mol. The number of benzene rings is 1. The van der Waals surface area contributed by atoms with Gasteiger partial charge in [0.2, 0.25) is 0 Å². The number of aromatic amines is 1. The van der Waals surface area contributed by atoms with E-state index in [4.69, 9.17) is 11.6 Å². The van der Waals surface area contributed by atoms with E-state index in [1.807, 2.05) is 24.3 Å². The van der Waals surface area contributed by atoms with E-state index in [-0.39, 0.29) is 12.2 Å². The second kappa shape index (κ2) is 5.97. The van der Waals surface area contributed by atoms with Crippen molar-refractivity contribution in [1.82, 2.24) is 15.5 Å². The maximum absolute atomic E-state index is 14.1. The van der Waals surface area contributed by atoms with E-state index < -0.39 is 5.67 Å². The summed E-state index contributed by atoms with van der Waals surface area (Å²) in [4.78, 5) is 12.4. The van der Waals surface area contributed by atoms with Crippen LogP contribution >= 0.6 is 11.6 Å².